The predicted molar refractivity (Wildman–Crippen MR) is 153 cm³/mol. The molecule has 0 spiro atoms. The molecule has 0 bridgehead atoms. The van der Waals surface area contributed by atoms with Crippen LogP contribution >= 0.6 is 0 Å². The first kappa shape index (κ1) is 27.0. The predicted octanol–water partition coefficient (Wildman–Crippen LogP) is 7.08. The van der Waals surface area contributed by atoms with Crippen LogP contribution < -0.4 is 4.43 Å². The van der Waals surface area contributed by atoms with Crippen molar-refractivity contribution in [2.45, 2.75) is 90.5 Å². The fourth-order valence-corrected chi connectivity index (χ4v) is 6.21. The van der Waals surface area contributed by atoms with Gasteiger partial charge in [-0.15, -0.1) is 0 Å². The van der Waals surface area contributed by atoms with Gasteiger partial charge < -0.3 is 13.9 Å². The van der Waals surface area contributed by atoms with E-state index in [9.17, 15) is 10.1 Å². The number of carbonyl (C=O) groups excluding carboxylic acids is 1. The summed E-state index contributed by atoms with van der Waals surface area (Å²) in [6.07, 6.45) is 4.42. The molecule has 1 aliphatic heterocycles. The number of hydrogen-bond donors (Lipinski definition) is 0. The number of carbonyl (C=O) groups is 1. The van der Waals surface area contributed by atoms with Crippen molar-refractivity contribution in [3.05, 3.63) is 65.4 Å². The van der Waals surface area contributed by atoms with Crippen LogP contribution in [-0.2, 0) is 24.2 Å². The first-order valence-corrected chi connectivity index (χ1v) is 16.5. The molecule has 2 heterocycles. The van der Waals surface area contributed by atoms with E-state index >= 15 is 0 Å². The van der Waals surface area contributed by atoms with Crippen molar-refractivity contribution >= 4 is 25.1 Å². The van der Waals surface area contributed by atoms with Crippen LogP contribution in [0.2, 0.25) is 18.1 Å². The number of likely N-dealkylation sites (tertiary alicyclic amines) is 1. The maximum Gasteiger partial charge on any atom is 0.250 e. The molecule has 1 fully saturated rings. The molecule has 0 N–H and O–H groups in total. The molecule has 1 amide bonds. The lowest BCUT2D eigenvalue weighted by atomic mass is 10.1. The van der Waals surface area contributed by atoms with Gasteiger partial charge in [0.2, 0.25) is 14.2 Å². The third-order valence-corrected chi connectivity index (χ3v) is 12.7. The second-order valence-corrected chi connectivity index (χ2v) is 16.6. The summed E-state index contributed by atoms with van der Waals surface area (Å²) in [5.74, 6) is 1.09. The quantitative estimate of drug-likeness (QED) is 0.301. The lowest BCUT2D eigenvalue weighted by Crippen LogP contribution is -2.43. The Labute approximate surface area is 223 Å². The Morgan fingerprint density at radius 1 is 1.16 bits per heavy atom. The largest absolute Gasteiger partial charge is 0.543 e. The standard InChI is InChI=1S/C31H41N3O2Si/c1-7-33-27(21-25-14-13-24(22-32)19-29(25)33)16-15-26-11-9-17-34(26)30(35)20-23-10-8-12-28(18-23)36-37(5,6)31(2,3)4/h8,10,12-14,18-19,21,26H,7,9,11,15-17,20H2,1-6H3/t26-/m0/s1. The summed E-state index contributed by atoms with van der Waals surface area (Å²) in [5.41, 5.74) is 4.11. The maximum absolute atomic E-state index is 13.4. The SMILES string of the molecule is CCn1c(CC[C@@H]2CCCN2C(=O)Cc2cccc(O[Si](C)(C)C(C)(C)C)c2)cc2ccc(C#N)cc21. The normalized spacial score (nSPS) is 16.2. The van der Waals surface area contributed by atoms with Crippen molar-refractivity contribution in [2.24, 2.45) is 0 Å². The zero-order valence-electron chi connectivity index (χ0n) is 23.3. The second kappa shape index (κ2) is 10.7. The van der Waals surface area contributed by atoms with Gasteiger partial charge in [0.1, 0.15) is 5.75 Å². The summed E-state index contributed by atoms with van der Waals surface area (Å²) in [4.78, 5) is 15.5. The van der Waals surface area contributed by atoms with E-state index in [1.165, 1.54) is 11.1 Å². The summed E-state index contributed by atoms with van der Waals surface area (Å²) in [5, 5.41) is 10.6. The molecule has 1 aromatic heterocycles. The van der Waals surface area contributed by atoms with Crippen molar-refractivity contribution in [1.82, 2.24) is 9.47 Å². The molecule has 0 aliphatic carbocycles. The van der Waals surface area contributed by atoms with Crippen LogP contribution in [0, 0.1) is 11.3 Å². The van der Waals surface area contributed by atoms with E-state index in [1.54, 1.807) is 0 Å². The average molecular weight is 516 g/mol. The van der Waals surface area contributed by atoms with Gasteiger partial charge in [-0.25, -0.2) is 0 Å². The van der Waals surface area contributed by atoms with Gasteiger partial charge in [0.25, 0.3) is 0 Å². The molecule has 1 saturated heterocycles. The van der Waals surface area contributed by atoms with E-state index in [0.29, 0.717) is 12.0 Å². The van der Waals surface area contributed by atoms with Gasteiger partial charge >= 0.3 is 0 Å². The Kier molecular flexibility index (Phi) is 7.85. The third kappa shape index (κ3) is 5.93. The molecule has 6 heteroatoms. The number of rotatable bonds is 8. The highest BCUT2D eigenvalue weighted by molar-refractivity contribution is 6.74. The highest BCUT2D eigenvalue weighted by Gasteiger charge is 2.39. The van der Waals surface area contributed by atoms with Crippen LogP contribution in [0.15, 0.2) is 48.5 Å². The molecule has 1 atom stereocenters. The van der Waals surface area contributed by atoms with Gasteiger partial charge in [-0.2, -0.15) is 5.26 Å². The lowest BCUT2D eigenvalue weighted by Gasteiger charge is -2.36. The van der Waals surface area contributed by atoms with Gasteiger partial charge in [-0.05, 0) is 92.0 Å². The molecular weight excluding hydrogens is 474 g/mol. The van der Waals surface area contributed by atoms with E-state index in [0.717, 1.165) is 55.6 Å². The first-order valence-electron chi connectivity index (χ1n) is 13.6. The van der Waals surface area contributed by atoms with E-state index in [1.807, 2.05) is 36.4 Å². The van der Waals surface area contributed by atoms with E-state index in [2.05, 4.69) is 68.5 Å². The summed E-state index contributed by atoms with van der Waals surface area (Å²) in [6.45, 7) is 15.1. The summed E-state index contributed by atoms with van der Waals surface area (Å²) >= 11 is 0. The van der Waals surface area contributed by atoms with Gasteiger partial charge in [0.15, 0.2) is 0 Å². The van der Waals surface area contributed by atoms with Crippen LogP contribution in [0.4, 0.5) is 0 Å². The topological polar surface area (TPSA) is 58.3 Å². The number of aromatic nitrogens is 1. The minimum Gasteiger partial charge on any atom is -0.543 e. The molecule has 196 valence electrons. The number of fused-ring (bicyclic) bond motifs is 1. The third-order valence-electron chi connectivity index (χ3n) is 8.30. The molecular formula is C31H41N3O2Si. The van der Waals surface area contributed by atoms with E-state index in [-0.39, 0.29) is 17.0 Å². The molecule has 3 aromatic rings. The molecule has 4 rings (SSSR count). The van der Waals surface area contributed by atoms with Crippen LogP contribution in [0.1, 0.15) is 63.8 Å². The van der Waals surface area contributed by atoms with E-state index in [4.69, 9.17) is 4.43 Å². The van der Waals surface area contributed by atoms with Crippen molar-refractivity contribution in [1.29, 1.82) is 5.26 Å². The molecule has 0 radical (unpaired) electrons. The van der Waals surface area contributed by atoms with Crippen LogP contribution in [-0.4, -0.2) is 36.3 Å². The van der Waals surface area contributed by atoms with Gasteiger partial charge in [-0.3, -0.25) is 4.79 Å². The fraction of sp³-hybridized carbons (Fsp3) is 0.484. The summed E-state index contributed by atoms with van der Waals surface area (Å²) in [7, 11) is -1.93. The van der Waals surface area contributed by atoms with Crippen molar-refractivity contribution in [3.63, 3.8) is 0 Å². The number of hydrogen-bond acceptors (Lipinski definition) is 3. The number of benzene rings is 2. The Bertz CT molecular complexity index is 1310. The highest BCUT2D eigenvalue weighted by Crippen LogP contribution is 2.37. The highest BCUT2D eigenvalue weighted by atomic mass is 28.4. The molecule has 0 saturated carbocycles. The number of nitrogens with zero attached hydrogens (tertiary/aromatic N) is 3. The van der Waals surface area contributed by atoms with Crippen LogP contribution in [0.3, 0.4) is 0 Å². The fourth-order valence-electron chi connectivity index (χ4n) is 5.18. The Morgan fingerprint density at radius 3 is 2.65 bits per heavy atom. The molecule has 5 nitrogen and oxygen atoms in total. The maximum atomic E-state index is 13.4. The Balaban J connectivity index is 1.42. The lowest BCUT2D eigenvalue weighted by molar-refractivity contribution is -0.131. The molecule has 0 unspecified atom stereocenters. The minimum atomic E-state index is -1.93. The van der Waals surface area contributed by atoms with Crippen molar-refractivity contribution < 1.29 is 9.22 Å². The molecule has 1 aliphatic rings. The monoisotopic (exact) mass is 515 g/mol. The molecule has 2 aromatic carbocycles. The van der Waals surface area contributed by atoms with Gasteiger partial charge in [-0.1, -0.05) is 39.0 Å². The van der Waals surface area contributed by atoms with Gasteiger partial charge in [0.05, 0.1) is 18.1 Å². The second-order valence-electron chi connectivity index (χ2n) is 11.9. The van der Waals surface area contributed by atoms with Gasteiger partial charge in [0, 0.05) is 30.3 Å². The van der Waals surface area contributed by atoms with Crippen molar-refractivity contribution in [2.75, 3.05) is 6.54 Å². The van der Waals surface area contributed by atoms with Crippen LogP contribution in [0.25, 0.3) is 10.9 Å². The minimum absolute atomic E-state index is 0.128. The summed E-state index contributed by atoms with van der Waals surface area (Å²) < 4.78 is 8.79. The summed E-state index contributed by atoms with van der Waals surface area (Å²) in [6, 6.07) is 18.8. The average Bonchev–Trinajstić information content (AvgIpc) is 3.45. The first-order chi connectivity index (χ1) is 17.5. The zero-order chi connectivity index (χ0) is 26.8. The number of amides is 1. The van der Waals surface area contributed by atoms with Crippen molar-refractivity contribution in [3.8, 4) is 11.8 Å². The van der Waals surface area contributed by atoms with E-state index < -0.39 is 8.32 Å². The zero-order valence-corrected chi connectivity index (χ0v) is 24.3. The smallest absolute Gasteiger partial charge is 0.250 e. The Hall–Kier alpha value is -3.04. The Morgan fingerprint density at radius 2 is 1.95 bits per heavy atom. The number of aryl methyl sites for hydroxylation is 2. The van der Waals surface area contributed by atoms with Crippen LogP contribution in [0.5, 0.6) is 5.75 Å². The molecule has 37 heavy (non-hydrogen) atoms. The number of nitriles is 1.